The summed E-state index contributed by atoms with van der Waals surface area (Å²) in [6.45, 7) is 5.13. The van der Waals surface area contributed by atoms with Crippen LogP contribution in [-0.4, -0.2) is 25.0 Å². The van der Waals surface area contributed by atoms with Gasteiger partial charge in [0.05, 0.1) is 0 Å². The van der Waals surface area contributed by atoms with E-state index in [0.29, 0.717) is 0 Å². The Morgan fingerprint density at radius 1 is 1.18 bits per heavy atom. The highest BCUT2D eigenvalue weighted by Gasteiger charge is 2.35. The molecule has 64 valence electrons. The number of fused-ring (bicyclic) bond motifs is 1. The van der Waals surface area contributed by atoms with Crippen molar-refractivity contribution >= 4 is 0 Å². The van der Waals surface area contributed by atoms with E-state index in [-0.39, 0.29) is 0 Å². The molecular weight excluding hydrogens is 134 g/mol. The van der Waals surface area contributed by atoms with Crippen LogP contribution in [0.5, 0.6) is 0 Å². The molecule has 0 aromatic rings. The lowest BCUT2D eigenvalue weighted by atomic mass is 9.81. The van der Waals surface area contributed by atoms with Gasteiger partial charge in [-0.15, -0.1) is 0 Å². The third-order valence-electron chi connectivity index (χ3n) is 3.59. The van der Waals surface area contributed by atoms with Gasteiger partial charge >= 0.3 is 0 Å². The van der Waals surface area contributed by atoms with Gasteiger partial charge < -0.3 is 4.90 Å². The summed E-state index contributed by atoms with van der Waals surface area (Å²) in [7, 11) is 2.27. The fourth-order valence-corrected chi connectivity index (χ4v) is 3.14. The van der Waals surface area contributed by atoms with Gasteiger partial charge in [0.15, 0.2) is 0 Å². The Labute approximate surface area is 69.8 Å². The van der Waals surface area contributed by atoms with Crippen LogP contribution in [-0.2, 0) is 0 Å². The molecule has 0 N–H and O–H groups in total. The van der Waals surface area contributed by atoms with E-state index in [0.717, 1.165) is 17.8 Å². The van der Waals surface area contributed by atoms with Gasteiger partial charge in [0.2, 0.25) is 0 Å². The Kier molecular flexibility index (Phi) is 1.92. The van der Waals surface area contributed by atoms with E-state index in [1.54, 1.807) is 0 Å². The summed E-state index contributed by atoms with van der Waals surface area (Å²) < 4.78 is 0. The summed E-state index contributed by atoms with van der Waals surface area (Å²) in [5.74, 6) is 3.08. The molecule has 3 unspecified atom stereocenters. The number of likely N-dealkylation sites (tertiary alicyclic amines) is 1. The Hall–Kier alpha value is -0.0400. The lowest BCUT2D eigenvalue weighted by molar-refractivity contribution is 0.110. The van der Waals surface area contributed by atoms with Crippen molar-refractivity contribution in [3.63, 3.8) is 0 Å². The maximum atomic E-state index is 2.51. The third kappa shape index (κ3) is 1.31. The van der Waals surface area contributed by atoms with Crippen molar-refractivity contribution in [1.29, 1.82) is 0 Å². The average Bonchev–Trinajstić information content (AvgIpc) is 2.34. The van der Waals surface area contributed by atoms with E-state index in [4.69, 9.17) is 0 Å². The second kappa shape index (κ2) is 2.78. The molecule has 1 saturated heterocycles. The zero-order valence-electron chi connectivity index (χ0n) is 7.71. The summed E-state index contributed by atoms with van der Waals surface area (Å²) >= 11 is 0. The molecule has 1 saturated carbocycles. The summed E-state index contributed by atoms with van der Waals surface area (Å²) in [5.41, 5.74) is 0. The molecule has 1 nitrogen and oxygen atoms in total. The van der Waals surface area contributed by atoms with Crippen molar-refractivity contribution in [1.82, 2.24) is 4.90 Å². The van der Waals surface area contributed by atoms with Crippen molar-refractivity contribution in [3.05, 3.63) is 0 Å². The molecule has 0 bridgehead atoms. The van der Waals surface area contributed by atoms with Crippen LogP contribution in [0, 0.1) is 17.8 Å². The fourth-order valence-electron chi connectivity index (χ4n) is 3.14. The van der Waals surface area contributed by atoms with E-state index in [1.807, 2.05) is 0 Å². The molecule has 0 aromatic carbocycles. The van der Waals surface area contributed by atoms with Gasteiger partial charge in [0.1, 0.15) is 0 Å². The summed E-state index contributed by atoms with van der Waals surface area (Å²) in [4.78, 5) is 2.51. The average molecular weight is 153 g/mol. The maximum Gasteiger partial charge on any atom is 0.000948 e. The SMILES string of the molecule is CC1CN(C)CC2CCCC12. The Balaban J connectivity index is 2.04. The van der Waals surface area contributed by atoms with Gasteiger partial charge in [0.25, 0.3) is 0 Å². The van der Waals surface area contributed by atoms with Crippen molar-refractivity contribution < 1.29 is 0 Å². The quantitative estimate of drug-likeness (QED) is 0.514. The van der Waals surface area contributed by atoms with Crippen LogP contribution in [0.3, 0.4) is 0 Å². The lowest BCUT2D eigenvalue weighted by Gasteiger charge is -2.37. The third-order valence-corrected chi connectivity index (χ3v) is 3.59. The van der Waals surface area contributed by atoms with E-state index < -0.39 is 0 Å². The first kappa shape index (κ1) is 7.60. The van der Waals surface area contributed by atoms with Crippen LogP contribution in [0.25, 0.3) is 0 Å². The summed E-state index contributed by atoms with van der Waals surface area (Å²) in [6, 6.07) is 0. The van der Waals surface area contributed by atoms with Gasteiger partial charge in [-0.2, -0.15) is 0 Å². The van der Waals surface area contributed by atoms with E-state index in [1.165, 1.54) is 32.4 Å². The normalized spacial score (nSPS) is 45.8. The molecule has 1 aliphatic heterocycles. The molecule has 1 heteroatoms. The van der Waals surface area contributed by atoms with Crippen molar-refractivity contribution in [2.75, 3.05) is 20.1 Å². The largest absolute Gasteiger partial charge is 0.306 e. The second-order valence-corrected chi connectivity index (χ2v) is 4.55. The molecule has 0 amide bonds. The number of hydrogen-bond donors (Lipinski definition) is 0. The van der Waals surface area contributed by atoms with Crippen LogP contribution in [0.4, 0.5) is 0 Å². The van der Waals surface area contributed by atoms with Gasteiger partial charge in [-0.05, 0) is 37.6 Å². The zero-order valence-corrected chi connectivity index (χ0v) is 7.71. The van der Waals surface area contributed by atoms with Gasteiger partial charge in [-0.3, -0.25) is 0 Å². The fraction of sp³-hybridized carbons (Fsp3) is 1.00. The van der Waals surface area contributed by atoms with Gasteiger partial charge in [-0.1, -0.05) is 13.3 Å². The van der Waals surface area contributed by atoms with Crippen molar-refractivity contribution in [3.8, 4) is 0 Å². The minimum atomic E-state index is 0.959. The first-order chi connectivity index (χ1) is 5.27. The number of piperidine rings is 1. The highest BCUT2D eigenvalue weighted by Crippen LogP contribution is 2.40. The molecule has 0 spiro atoms. The predicted molar refractivity (Wildman–Crippen MR) is 47.5 cm³/mol. The molecule has 2 rings (SSSR count). The minimum Gasteiger partial charge on any atom is -0.306 e. The number of rotatable bonds is 0. The van der Waals surface area contributed by atoms with Gasteiger partial charge in [0, 0.05) is 13.1 Å². The Morgan fingerprint density at radius 2 is 2.00 bits per heavy atom. The van der Waals surface area contributed by atoms with Crippen LogP contribution < -0.4 is 0 Å². The molecule has 0 aromatic heterocycles. The maximum absolute atomic E-state index is 2.51. The molecule has 3 atom stereocenters. The summed E-state index contributed by atoms with van der Waals surface area (Å²) in [6.07, 6.45) is 4.51. The predicted octanol–water partition coefficient (Wildman–Crippen LogP) is 1.98. The first-order valence-electron chi connectivity index (χ1n) is 4.96. The molecule has 2 aliphatic rings. The molecule has 2 fully saturated rings. The van der Waals surface area contributed by atoms with E-state index in [2.05, 4.69) is 18.9 Å². The van der Waals surface area contributed by atoms with E-state index >= 15 is 0 Å². The van der Waals surface area contributed by atoms with Crippen LogP contribution >= 0.6 is 0 Å². The highest BCUT2D eigenvalue weighted by molar-refractivity contribution is 4.87. The van der Waals surface area contributed by atoms with Crippen molar-refractivity contribution in [2.45, 2.75) is 26.2 Å². The van der Waals surface area contributed by atoms with Gasteiger partial charge in [-0.25, -0.2) is 0 Å². The lowest BCUT2D eigenvalue weighted by Crippen LogP contribution is -2.41. The molecule has 0 radical (unpaired) electrons. The van der Waals surface area contributed by atoms with Crippen LogP contribution in [0.15, 0.2) is 0 Å². The zero-order chi connectivity index (χ0) is 7.84. The van der Waals surface area contributed by atoms with Crippen LogP contribution in [0.2, 0.25) is 0 Å². The van der Waals surface area contributed by atoms with Crippen LogP contribution in [0.1, 0.15) is 26.2 Å². The van der Waals surface area contributed by atoms with E-state index in [9.17, 15) is 0 Å². The molecule has 11 heavy (non-hydrogen) atoms. The minimum absolute atomic E-state index is 0.959. The molecular formula is C10H19N. The standard InChI is InChI=1S/C10H19N/c1-8-6-11(2)7-9-4-3-5-10(8)9/h8-10H,3-7H2,1-2H3. The summed E-state index contributed by atoms with van der Waals surface area (Å²) in [5, 5.41) is 0. The smallest absolute Gasteiger partial charge is 0.000948 e. The Morgan fingerprint density at radius 3 is 2.82 bits per heavy atom. The Bertz CT molecular complexity index is 144. The first-order valence-corrected chi connectivity index (χ1v) is 4.96. The monoisotopic (exact) mass is 153 g/mol. The number of nitrogens with zero attached hydrogens (tertiary/aromatic N) is 1. The highest BCUT2D eigenvalue weighted by atomic mass is 15.1. The topological polar surface area (TPSA) is 3.24 Å². The van der Waals surface area contributed by atoms with Crippen molar-refractivity contribution in [2.24, 2.45) is 17.8 Å². The molecule has 1 aliphatic carbocycles. The number of hydrogen-bond acceptors (Lipinski definition) is 1. The second-order valence-electron chi connectivity index (χ2n) is 4.55. The molecule has 1 heterocycles.